The number of hydrogen-bond acceptors (Lipinski definition) is 4. The number of rotatable bonds is 13. The summed E-state index contributed by atoms with van der Waals surface area (Å²) in [5, 5.41) is 11.3. The number of unbranched alkanes of at least 4 members (excludes halogenated alkanes) is 5. The van der Waals surface area contributed by atoms with Crippen molar-refractivity contribution in [2.75, 3.05) is 13.2 Å². The van der Waals surface area contributed by atoms with E-state index < -0.39 is 0 Å². The fourth-order valence-corrected chi connectivity index (χ4v) is 3.19. The normalized spacial score (nSPS) is 11.1. The second-order valence-electron chi connectivity index (χ2n) is 7.28. The molecule has 1 aromatic carbocycles. The Bertz CT molecular complexity index is 797. The molecule has 0 fully saturated rings. The van der Waals surface area contributed by atoms with Crippen molar-refractivity contribution in [3.05, 3.63) is 28.6 Å². The minimum atomic E-state index is -0.264. The molecule has 0 unspecified atom stereocenters. The smallest absolute Gasteiger partial charge is 0.297 e. The average Bonchev–Trinajstić information content (AvgIpc) is 2.70. The molecular formula is C23H35NO4. The van der Waals surface area contributed by atoms with Gasteiger partial charge in [-0.2, -0.15) is 0 Å². The number of nitrogens with zero attached hydrogens (tertiary/aromatic N) is 1. The Kier molecular flexibility index (Phi) is 9.18. The summed E-state index contributed by atoms with van der Waals surface area (Å²) in [6.07, 6.45) is 8.15. The van der Waals surface area contributed by atoms with Gasteiger partial charge >= 0.3 is 0 Å². The van der Waals surface area contributed by atoms with Crippen LogP contribution in [0.4, 0.5) is 0 Å². The first-order valence-electron chi connectivity index (χ1n) is 10.8. The second kappa shape index (κ2) is 11.6. The van der Waals surface area contributed by atoms with Crippen molar-refractivity contribution in [3.63, 3.8) is 0 Å². The molecule has 28 heavy (non-hydrogen) atoms. The number of benzene rings is 1. The van der Waals surface area contributed by atoms with Crippen molar-refractivity contribution in [2.45, 2.75) is 78.7 Å². The van der Waals surface area contributed by atoms with E-state index in [-0.39, 0.29) is 17.1 Å². The van der Waals surface area contributed by atoms with Crippen LogP contribution in [0.2, 0.25) is 0 Å². The molecule has 0 saturated carbocycles. The lowest BCUT2D eigenvalue weighted by atomic mass is 10.1. The topological polar surface area (TPSA) is 60.7 Å². The average molecular weight is 390 g/mol. The third-order valence-electron chi connectivity index (χ3n) is 4.92. The van der Waals surface area contributed by atoms with Crippen molar-refractivity contribution in [1.29, 1.82) is 0 Å². The number of aryl methyl sites for hydroxylation is 1. The Labute approximate surface area is 168 Å². The summed E-state index contributed by atoms with van der Waals surface area (Å²) in [7, 11) is 0. The Morgan fingerprint density at radius 3 is 2.32 bits per heavy atom. The molecular weight excluding hydrogens is 354 g/mol. The highest BCUT2D eigenvalue weighted by atomic mass is 16.5. The third kappa shape index (κ3) is 5.66. The fraction of sp³-hybridized carbons (Fsp3) is 0.609. The van der Waals surface area contributed by atoms with Gasteiger partial charge in [0.1, 0.15) is 5.75 Å². The minimum Gasteiger partial charge on any atom is -0.504 e. The molecule has 0 spiro atoms. The summed E-state index contributed by atoms with van der Waals surface area (Å²) < 4.78 is 13.3. The van der Waals surface area contributed by atoms with Gasteiger partial charge in [0.15, 0.2) is 5.75 Å². The highest BCUT2D eigenvalue weighted by Crippen LogP contribution is 2.33. The Morgan fingerprint density at radius 2 is 1.61 bits per heavy atom. The number of hydrogen-bond donors (Lipinski definition) is 1. The Hall–Kier alpha value is -2.17. The van der Waals surface area contributed by atoms with E-state index in [0.717, 1.165) is 57.1 Å². The summed E-state index contributed by atoms with van der Waals surface area (Å²) in [5.74, 6) is 0.723. The van der Waals surface area contributed by atoms with E-state index in [1.54, 1.807) is 4.57 Å². The number of aromatic hydroxyl groups is 1. The largest absolute Gasteiger partial charge is 0.504 e. The summed E-state index contributed by atoms with van der Waals surface area (Å²) in [6, 6.07) is 5.52. The number of aromatic nitrogens is 1. The van der Waals surface area contributed by atoms with Crippen molar-refractivity contribution in [3.8, 4) is 17.2 Å². The van der Waals surface area contributed by atoms with Crippen molar-refractivity contribution in [1.82, 2.24) is 4.57 Å². The maximum Gasteiger partial charge on any atom is 0.297 e. The lowest BCUT2D eigenvalue weighted by molar-refractivity contribution is 0.284. The summed E-state index contributed by atoms with van der Waals surface area (Å²) in [5.41, 5.74) is 0.433. The SMILES string of the molecule is CCCCCCOc1c(O)c2ccc(OCCCC)cc2n(CCCC)c1=O. The predicted molar refractivity (Wildman–Crippen MR) is 115 cm³/mol. The highest BCUT2D eigenvalue weighted by Gasteiger charge is 2.18. The molecule has 0 atom stereocenters. The zero-order chi connectivity index (χ0) is 20.4. The quantitative estimate of drug-likeness (QED) is 0.450. The number of ether oxygens (including phenoxy) is 2. The molecule has 1 heterocycles. The van der Waals surface area contributed by atoms with Gasteiger partial charge in [0.25, 0.3) is 5.56 Å². The third-order valence-corrected chi connectivity index (χ3v) is 4.92. The molecule has 0 radical (unpaired) electrons. The van der Waals surface area contributed by atoms with Crippen LogP contribution in [-0.2, 0) is 6.54 Å². The molecule has 0 bridgehead atoms. The van der Waals surface area contributed by atoms with Gasteiger partial charge in [-0.3, -0.25) is 4.79 Å². The molecule has 156 valence electrons. The van der Waals surface area contributed by atoms with E-state index in [0.29, 0.717) is 30.7 Å². The maximum absolute atomic E-state index is 13.0. The molecule has 0 aliphatic rings. The van der Waals surface area contributed by atoms with Crippen LogP contribution in [0.15, 0.2) is 23.0 Å². The summed E-state index contributed by atoms with van der Waals surface area (Å²) in [4.78, 5) is 13.0. The van der Waals surface area contributed by atoms with E-state index in [4.69, 9.17) is 9.47 Å². The molecule has 0 aliphatic heterocycles. The number of fused-ring (bicyclic) bond motifs is 1. The van der Waals surface area contributed by atoms with E-state index >= 15 is 0 Å². The Balaban J connectivity index is 2.37. The molecule has 5 nitrogen and oxygen atoms in total. The molecule has 5 heteroatoms. The van der Waals surface area contributed by atoms with E-state index in [9.17, 15) is 9.90 Å². The van der Waals surface area contributed by atoms with Crippen LogP contribution in [0.5, 0.6) is 17.2 Å². The Morgan fingerprint density at radius 1 is 0.893 bits per heavy atom. The van der Waals surface area contributed by atoms with Gasteiger partial charge < -0.3 is 19.1 Å². The van der Waals surface area contributed by atoms with Gasteiger partial charge in [0.2, 0.25) is 5.75 Å². The van der Waals surface area contributed by atoms with Gasteiger partial charge in [-0.15, -0.1) is 0 Å². The molecule has 1 aromatic heterocycles. The van der Waals surface area contributed by atoms with Gasteiger partial charge in [-0.25, -0.2) is 0 Å². The first kappa shape index (κ1) is 22.1. The fourth-order valence-electron chi connectivity index (χ4n) is 3.19. The molecule has 0 amide bonds. The molecule has 0 saturated heterocycles. The molecule has 2 aromatic rings. The zero-order valence-electron chi connectivity index (χ0n) is 17.6. The summed E-state index contributed by atoms with van der Waals surface area (Å²) >= 11 is 0. The predicted octanol–water partition coefficient (Wildman–Crippen LogP) is 5.65. The molecule has 2 rings (SSSR count). The van der Waals surface area contributed by atoms with Crippen molar-refractivity contribution >= 4 is 10.9 Å². The van der Waals surface area contributed by atoms with Crippen LogP contribution in [0.3, 0.4) is 0 Å². The van der Waals surface area contributed by atoms with E-state index in [2.05, 4.69) is 20.8 Å². The first-order chi connectivity index (χ1) is 13.6. The highest BCUT2D eigenvalue weighted by molar-refractivity contribution is 5.88. The van der Waals surface area contributed by atoms with Crippen LogP contribution >= 0.6 is 0 Å². The maximum atomic E-state index is 13.0. The van der Waals surface area contributed by atoms with Crippen LogP contribution < -0.4 is 15.0 Å². The van der Waals surface area contributed by atoms with E-state index in [1.165, 1.54) is 0 Å². The van der Waals surface area contributed by atoms with Gasteiger partial charge in [0.05, 0.1) is 18.7 Å². The van der Waals surface area contributed by atoms with Crippen molar-refractivity contribution in [2.24, 2.45) is 0 Å². The minimum absolute atomic E-state index is 0.0663. The van der Waals surface area contributed by atoms with E-state index in [1.807, 2.05) is 18.2 Å². The molecule has 1 N–H and O–H groups in total. The van der Waals surface area contributed by atoms with Crippen LogP contribution in [0, 0.1) is 0 Å². The lowest BCUT2D eigenvalue weighted by Gasteiger charge is -2.16. The lowest BCUT2D eigenvalue weighted by Crippen LogP contribution is -2.23. The van der Waals surface area contributed by atoms with Crippen molar-refractivity contribution < 1.29 is 14.6 Å². The van der Waals surface area contributed by atoms with Crippen LogP contribution in [0.25, 0.3) is 10.9 Å². The monoisotopic (exact) mass is 389 g/mol. The van der Waals surface area contributed by atoms with Crippen LogP contribution in [0.1, 0.15) is 72.1 Å². The molecule has 0 aliphatic carbocycles. The summed E-state index contributed by atoms with van der Waals surface area (Å²) in [6.45, 7) is 8.05. The van der Waals surface area contributed by atoms with Gasteiger partial charge in [-0.1, -0.05) is 52.9 Å². The second-order valence-corrected chi connectivity index (χ2v) is 7.28. The first-order valence-corrected chi connectivity index (χ1v) is 10.8. The van der Waals surface area contributed by atoms with Gasteiger partial charge in [0, 0.05) is 18.0 Å². The van der Waals surface area contributed by atoms with Crippen LogP contribution in [-0.4, -0.2) is 22.9 Å². The zero-order valence-corrected chi connectivity index (χ0v) is 17.6. The van der Waals surface area contributed by atoms with Gasteiger partial charge in [-0.05, 0) is 31.4 Å². The number of pyridine rings is 1. The standard InChI is InChI=1S/C23H35NO4/c1-4-7-10-11-16-28-22-21(25)19-13-12-18(27-15-9-6-3)17-20(19)24(23(22)26)14-8-5-2/h12-13,17,25H,4-11,14-16H2,1-3H3.